The Labute approximate surface area is 96.4 Å². The maximum atomic E-state index is 9.15. The Bertz CT molecular complexity index is 246. The molecule has 0 spiro atoms. The summed E-state index contributed by atoms with van der Waals surface area (Å²) in [6.45, 7) is 7.49. The summed E-state index contributed by atoms with van der Waals surface area (Å²) in [5.74, 6) is 0. The van der Waals surface area contributed by atoms with Gasteiger partial charge in [0.2, 0.25) is 0 Å². The summed E-state index contributed by atoms with van der Waals surface area (Å²) in [6.07, 6.45) is -0.148. The molecule has 0 aromatic carbocycles. The largest absolute Gasteiger partial charge is 0.394 e. The van der Waals surface area contributed by atoms with Crippen LogP contribution in [0.2, 0.25) is 0 Å². The summed E-state index contributed by atoms with van der Waals surface area (Å²) < 4.78 is 5.71. The number of ether oxygens (including phenoxy) is 1. The third kappa shape index (κ3) is 3.38. The first-order chi connectivity index (χ1) is 6.85. The van der Waals surface area contributed by atoms with E-state index in [1.165, 1.54) is 0 Å². The van der Waals surface area contributed by atoms with Gasteiger partial charge in [0.05, 0.1) is 29.3 Å². The monoisotopic (exact) mass is 232 g/mol. The zero-order valence-corrected chi connectivity index (χ0v) is 10.4. The molecule has 88 valence electrons. The van der Waals surface area contributed by atoms with E-state index < -0.39 is 0 Å². The molecule has 1 fully saturated rings. The maximum Gasteiger partial charge on any atom is 0.0940 e. The van der Waals surface area contributed by atoms with E-state index in [1.807, 2.05) is 20.8 Å². The molecule has 0 amide bonds. The van der Waals surface area contributed by atoms with Crippen LogP contribution in [0.5, 0.6) is 0 Å². The predicted octanol–water partition coefficient (Wildman–Crippen LogP) is 0.133. The fourth-order valence-electron chi connectivity index (χ4n) is 1.91. The SMILES string of the molecule is CC(C(N)=S)N1CC(CO)OC(C)(C)C1. The minimum absolute atomic E-state index is 0.0317. The van der Waals surface area contributed by atoms with Crippen LogP contribution in [0.4, 0.5) is 0 Å². The van der Waals surface area contributed by atoms with Crippen molar-refractivity contribution < 1.29 is 9.84 Å². The molecule has 0 aromatic heterocycles. The first-order valence-corrected chi connectivity index (χ1v) is 5.58. The van der Waals surface area contributed by atoms with Crippen LogP contribution in [-0.4, -0.2) is 52.4 Å². The molecule has 1 aliphatic rings. The van der Waals surface area contributed by atoms with Crippen molar-refractivity contribution in [2.75, 3.05) is 19.7 Å². The molecule has 0 radical (unpaired) electrons. The Kier molecular flexibility index (Phi) is 4.06. The van der Waals surface area contributed by atoms with Crippen LogP contribution < -0.4 is 5.73 Å². The standard InChI is InChI=1S/C10H20N2O2S/c1-7(9(11)15)12-4-8(5-13)14-10(2,3)6-12/h7-8,13H,4-6H2,1-3H3,(H2,11,15). The van der Waals surface area contributed by atoms with E-state index in [1.54, 1.807) is 0 Å². The van der Waals surface area contributed by atoms with Crippen molar-refractivity contribution in [3.8, 4) is 0 Å². The highest BCUT2D eigenvalue weighted by molar-refractivity contribution is 7.80. The van der Waals surface area contributed by atoms with Crippen LogP contribution in [0.3, 0.4) is 0 Å². The Morgan fingerprint density at radius 2 is 2.33 bits per heavy atom. The molecule has 2 unspecified atom stereocenters. The van der Waals surface area contributed by atoms with Gasteiger partial charge in [0.15, 0.2) is 0 Å². The number of aliphatic hydroxyl groups is 1. The Hall–Kier alpha value is -0.230. The van der Waals surface area contributed by atoms with Crippen LogP contribution >= 0.6 is 12.2 Å². The molecule has 0 saturated carbocycles. The second kappa shape index (κ2) is 4.74. The fraction of sp³-hybridized carbons (Fsp3) is 0.900. The van der Waals surface area contributed by atoms with E-state index in [2.05, 4.69) is 4.90 Å². The highest BCUT2D eigenvalue weighted by Crippen LogP contribution is 2.22. The number of rotatable bonds is 3. The predicted molar refractivity (Wildman–Crippen MR) is 63.9 cm³/mol. The molecule has 0 aliphatic carbocycles. The number of nitrogens with two attached hydrogens (primary N) is 1. The van der Waals surface area contributed by atoms with Crippen molar-refractivity contribution in [3.05, 3.63) is 0 Å². The van der Waals surface area contributed by atoms with Crippen LogP contribution in [0.25, 0.3) is 0 Å². The van der Waals surface area contributed by atoms with E-state index in [9.17, 15) is 0 Å². The number of nitrogens with zero attached hydrogens (tertiary/aromatic N) is 1. The van der Waals surface area contributed by atoms with Crippen molar-refractivity contribution in [2.45, 2.75) is 38.5 Å². The van der Waals surface area contributed by atoms with E-state index in [-0.39, 0.29) is 24.4 Å². The summed E-state index contributed by atoms with van der Waals surface area (Å²) in [5.41, 5.74) is 5.37. The van der Waals surface area contributed by atoms with Gasteiger partial charge in [0, 0.05) is 13.1 Å². The normalized spacial score (nSPS) is 28.7. The number of hydrogen-bond acceptors (Lipinski definition) is 4. The number of aliphatic hydroxyl groups excluding tert-OH is 1. The molecule has 2 atom stereocenters. The van der Waals surface area contributed by atoms with Gasteiger partial charge in [-0.05, 0) is 20.8 Å². The lowest BCUT2D eigenvalue weighted by Gasteiger charge is -2.44. The summed E-state index contributed by atoms with van der Waals surface area (Å²) >= 11 is 4.98. The van der Waals surface area contributed by atoms with Crippen molar-refractivity contribution in [2.24, 2.45) is 5.73 Å². The summed E-state index contributed by atoms with van der Waals surface area (Å²) in [5, 5.41) is 9.15. The molecule has 3 N–H and O–H groups in total. The average Bonchev–Trinajstić information content (AvgIpc) is 2.13. The van der Waals surface area contributed by atoms with Gasteiger partial charge < -0.3 is 15.6 Å². The third-order valence-electron chi connectivity index (χ3n) is 2.67. The Morgan fingerprint density at radius 1 is 1.73 bits per heavy atom. The van der Waals surface area contributed by atoms with Gasteiger partial charge in [-0.2, -0.15) is 0 Å². The lowest BCUT2D eigenvalue weighted by atomic mass is 10.0. The van der Waals surface area contributed by atoms with Gasteiger partial charge in [-0.15, -0.1) is 0 Å². The second-order valence-electron chi connectivity index (χ2n) is 4.69. The molecule has 15 heavy (non-hydrogen) atoms. The molecular formula is C10H20N2O2S. The van der Waals surface area contributed by atoms with E-state index >= 15 is 0 Å². The highest BCUT2D eigenvalue weighted by atomic mass is 32.1. The molecular weight excluding hydrogens is 212 g/mol. The van der Waals surface area contributed by atoms with Gasteiger partial charge in [-0.25, -0.2) is 0 Å². The van der Waals surface area contributed by atoms with Gasteiger partial charge in [-0.1, -0.05) is 12.2 Å². The molecule has 0 bridgehead atoms. The van der Waals surface area contributed by atoms with Crippen LogP contribution in [0.15, 0.2) is 0 Å². The van der Waals surface area contributed by atoms with Gasteiger partial charge in [0.25, 0.3) is 0 Å². The third-order valence-corrected chi connectivity index (χ3v) is 3.01. The highest BCUT2D eigenvalue weighted by Gasteiger charge is 2.35. The second-order valence-corrected chi connectivity index (χ2v) is 5.16. The van der Waals surface area contributed by atoms with Gasteiger partial charge in [-0.3, -0.25) is 4.90 Å². The van der Waals surface area contributed by atoms with E-state index in [0.717, 1.165) is 6.54 Å². The quantitative estimate of drug-likeness (QED) is 0.678. The lowest BCUT2D eigenvalue weighted by Crippen LogP contribution is -2.58. The Morgan fingerprint density at radius 3 is 2.80 bits per heavy atom. The van der Waals surface area contributed by atoms with Crippen molar-refractivity contribution in [1.82, 2.24) is 4.90 Å². The molecule has 0 aromatic rings. The smallest absolute Gasteiger partial charge is 0.0940 e. The molecule has 1 rings (SSSR count). The molecule has 4 nitrogen and oxygen atoms in total. The van der Waals surface area contributed by atoms with Gasteiger partial charge in [0.1, 0.15) is 0 Å². The molecule has 1 heterocycles. The molecule has 1 aliphatic heterocycles. The minimum Gasteiger partial charge on any atom is -0.394 e. The number of hydrogen-bond donors (Lipinski definition) is 2. The van der Waals surface area contributed by atoms with Crippen molar-refractivity contribution in [3.63, 3.8) is 0 Å². The van der Waals surface area contributed by atoms with E-state index in [4.69, 9.17) is 27.8 Å². The number of thiocarbonyl (C=S) groups is 1. The summed E-state index contributed by atoms with van der Waals surface area (Å²) in [6, 6.07) is 0.0530. The van der Waals surface area contributed by atoms with Crippen molar-refractivity contribution >= 4 is 17.2 Å². The summed E-state index contributed by atoms with van der Waals surface area (Å²) in [4.78, 5) is 2.65. The lowest BCUT2D eigenvalue weighted by molar-refractivity contribution is -0.151. The first-order valence-electron chi connectivity index (χ1n) is 5.18. The summed E-state index contributed by atoms with van der Waals surface area (Å²) in [7, 11) is 0. The van der Waals surface area contributed by atoms with E-state index in [0.29, 0.717) is 11.5 Å². The minimum atomic E-state index is -0.259. The molecule has 1 saturated heterocycles. The number of morpholine rings is 1. The van der Waals surface area contributed by atoms with Crippen LogP contribution in [-0.2, 0) is 4.74 Å². The van der Waals surface area contributed by atoms with Crippen LogP contribution in [0, 0.1) is 0 Å². The maximum absolute atomic E-state index is 9.15. The Balaban J connectivity index is 2.69. The fourth-order valence-corrected chi connectivity index (χ4v) is 2.06. The van der Waals surface area contributed by atoms with Crippen molar-refractivity contribution in [1.29, 1.82) is 0 Å². The topological polar surface area (TPSA) is 58.7 Å². The zero-order valence-electron chi connectivity index (χ0n) is 9.56. The zero-order chi connectivity index (χ0) is 11.6. The van der Waals surface area contributed by atoms with Gasteiger partial charge >= 0.3 is 0 Å². The first kappa shape index (κ1) is 12.8. The van der Waals surface area contributed by atoms with Crippen LogP contribution in [0.1, 0.15) is 20.8 Å². The average molecular weight is 232 g/mol. The molecule has 5 heteroatoms.